The van der Waals surface area contributed by atoms with E-state index in [1.165, 1.54) is 5.56 Å². The topological polar surface area (TPSA) is 65.5 Å². The lowest BCUT2D eigenvalue weighted by atomic mass is 10.1. The van der Waals surface area contributed by atoms with Crippen LogP contribution in [0.3, 0.4) is 0 Å². The van der Waals surface area contributed by atoms with Crippen LogP contribution in [-0.2, 0) is 22.6 Å². The number of benzene rings is 1. The lowest BCUT2D eigenvalue weighted by Crippen LogP contribution is -2.57. The second-order valence-corrected chi connectivity index (χ2v) is 7.05. The minimum Gasteiger partial charge on any atom is -0.353 e. The normalized spacial score (nSPS) is 17.2. The first-order valence-electron chi connectivity index (χ1n) is 9.89. The van der Waals surface area contributed by atoms with Gasteiger partial charge in [-0.05, 0) is 36.6 Å². The van der Waals surface area contributed by atoms with Gasteiger partial charge in [0.15, 0.2) is 0 Å². The number of pyridine rings is 1. The highest BCUT2D eigenvalue weighted by molar-refractivity contribution is 5.88. The zero-order chi connectivity index (χ0) is 19.8. The van der Waals surface area contributed by atoms with Crippen LogP contribution in [0.1, 0.15) is 24.5 Å². The average molecular weight is 380 g/mol. The Morgan fingerprint density at radius 1 is 1.18 bits per heavy atom. The van der Waals surface area contributed by atoms with Crippen molar-refractivity contribution in [1.29, 1.82) is 0 Å². The van der Waals surface area contributed by atoms with Crippen LogP contribution in [0.4, 0.5) is 0 Å². The van der Waals surface area contributed by atoms with E-state index in [0.717, 1.165) is 25.1 Å². The molecule has 6 nitrogen and oxygen atoms in total. The monoisotopic (exact) mass is 380 g/mol. The second-order valence-electron chi connectivity index (χ2n) is 7.05. The number of piperazine rings is 1. The predicted molar refractivity (Wildman–Crippen MR) is 108 cm³/mol. The number of rotatable bonds is 8. The predicted octanol–water partition coefficient (Wildman–Crippen LogP) is 1.86. The van der Waals surface area contributed by atoms with Gasteiger partial charge in [0.25, 0.3) is 0 Å². The molecule has 6 heteroatoms. The van der Waals surface area contributed by atoms with Crippen LogP contribution in [0.5, 0.6) is 0 Å². The molecule has 0 spiro atoms. The zero-order valence-corrected chi connectivity index (χ0v) is 16.4. The van der Waals surface area contributed by atoms with Gasteiger partial charge in [0.05, 0.1) is 12.5 Å². The van der Waals surface area contributed by atoms with Gasteiger partial charge in [0, 0.05) is 45.1 Å². The molecule has 1 aromatic carbocycles. The van der Waals surface area contributed by atoms with Crippen molar-refractivity contribution in [3.8, 4) is 0 Å². The van der Waals surface area contributed by atoms with E-state index >= 15 is 0 Å². The van der Waals surface area contributed by atoms with Gasteiger partial charge in [-0.3, -0.25) is 19.5 Å². The Balaban J connectivity index is 1.62. The molecule has 0 aliphatic carbocycles. The van der Waals surface area contributed by atoms with Crippen molar-refractivity contribution in [2.75, 3.05) is 26.2 Å². The summed E-state index contributed by atoms with van der Waals surface area (Å²) in [5.41, 5.74) is 2.28. The molecule has 1 fully saturated rings. The van der Waals surface area contributed by atoms with E-state index in [9.17, 15) is 9.59 Å². The van der Waals surface area contributed by atoms with Gasteiger partial charge < -0.3 is 10.2 Å². The summed E-state index contributed by atoms with van der Waals surface area (Å²) in [6, 6.07) is 13.7. The number of amides is 2. The van der Waals surface area contributed by atoms with Crippen LogP contribution in [0.2, 0.25) is 0 Å². The third-order valence-corrected chi connectivity index (χ3v) is 5.20. The molecule has 2 heterocycles. The van der Waals surface area contributed by atoms with E-state index < -0.39 is 6.04 Å². The van der Waals surface area contributed by atoms with Gasteiger partial charge in [0.1, 0.15) is 0 Å². The maximum Gasteiger partial charge on any atom is 0.237 e. The summed E-state index contributed by atoms with van der Waals surface area (Å²) in [5.74, 6) is -0.0429. The molecule has 1 aliphatic heterocycles. The molecule has 1 atom stereocenters. The van der Waals surface area contributed by atoms with Crippen molar-refractivity contribution in [2.24, 2.45) is 0 Å². The average Bonchev–Trinajstić information content (AvgIpc) is 2.74. The summed E-state index contributed by atoms with van der Waals surface area (Å²) in [5, 5.41) is 2.91. The number of carbonyl (C=O) groups excluding carboxylic acids is 2. The molecule has 0 bridgehead atoms. The molecule has 0 radical (unpaired) electrons. The van der Waals surface area contributed by atoms with E-state index in [4.69, 9.17) is 0 Å². The van der Waals surface area contributed by atoms with E-state index in [1.54, 1.807) is 17.3 Å². The van der Waals surface area contributed by atoms with Crippen molar-refractivity contribution in [3.63, 3.8) is 0 Å². The molecule has 1 N–H and O–H groups in total. The molecule has 2 aromatic rings. The van der Waals surface area contributed by atoms with Crippen LogP contribution in [-0.4, -0.2) is 58.8 Å². The Kier molecular flexibility index (Phi) is 7.14. The van der Waals surface area contributed by atoms with Crippen molar-refractivity contribution in [2.45, 2.75) is 32.4 Å². The molecule has 1 aromatic heterocycles. The van der Waals surface area contributed by atoms with Gasteiger partial charge >= 0.3 is 0 Å². The van der Waals surface area contributed by atoms with Crippen LogP contribution < -0.4 is 5.32 Å². The van der Waals surface area contributed by atoms with Crippen molar-refractivity contribution >= 4 is 11.8 Å². The smallest absolute Gasteiger partial charge is 0.237 e. The van der Waals surface area contributed by atoms with E-state index in [1.807, 2.05) is 37.3 Å². The lowest BCUT2D eigenvalue weighted by molar-refractivity contribution is -0.139. The maximum absolute atomic E-state index is 12.9. The van der Waals surface area contributed by atoms with Crippen molar-refractivity contribution < 1.29 is 9.59 Å². The second kappa shape index (κ2) is 9.99. The van der Waals surface area contributed by atoms with Crippen LogP contribution >= 0.6 is 0 Å². The summed E-state index contributed by atoms with van der Waals surface area (Å²) in [6.07, 6.45) is 4.54. The molecule has 1 saturated heterocycles. The highest BCUT2D eigenvalue weighted by Gasteiger charge is 2.32. The first-order valence-corrected chi connectivity index (χ1v) is 9.89. The van der Waals surface area contributed by atoms with Gasteiger partial charge in [-0.15, -0.1) is 0 Å². The zero-order valence-electron chi connectivity index (χ0n) is 16.4. The Bertz CT molecular complexity index is 767. The minimum atomic E-state index is -0.406. The van der Waals surface area contributed by atoms with Crippen LogP contribution in [0, 0.1) is 0 Å². The highest BCUT2D eigenvalue weighted by Crippen LogP contribution is 2.14. The van der Waals surface area contributed by atoms with E-state index in [0.29, 0.717) is 19.6 Å². The molecule has 148 valence electrons. The number of nitrogens with one attached hydrogen (secondary N) is 1. The fourth-order valence-electron chi connectivity index (χ4n) is 3.55. The molecule has 1 unspecified atom stereocenters. The quantitative estimate of drug-likeness (QED) is 0.759. The molecule has 0 saturated carbocycles. The highest BCUT2D eigenvalue weighted by atomic mass is 16.2. The van der Waals surface area contributed by atoms with Gasteiger partial charge in [-0.2, -0.15) is 0 Å². The van der Waals surface area contributed by atoms with Gasteiger partial charge in [-0.25, -0.2) is 0 Å². The lowest BCUT2D eigenvalue weighted by Gasteiger charge is -2.35. The molecular weight excluding hydrogens is 352 g/mol. The Morgan fingerprint density at radius 3 is 2.64 bits per heavy atom. The molecule has 3 rings (SSSR count). The Morgan fingerprint density at radius 2 is 1.93 bits per heavy atom. The Hall–Kier alpha value is -2.73. The number of hydrogen-bond donors (Lipinski definition) is 1. The minimum absolute atomic E-state index is 0.00562. The summed E-state index contributed by atoms with van der Waals surface area (Å²) in [4.78, 5) is 33.4. The first-order chi connectivity index (χ1) is 13.7. The number of aromatic nitrogens is 1. The number of carbonyl (C=O) groups is 2. The standard InChI is InChI=1S/C22H28N4O2/c1-2-25(17-19-8-11-23-12-9-19)21(27)16-20-22(28)24-13-15-26(20)14-10-18-6-4-3-5-7-18/h3-9,11-12,20H,2,10,13-17H2,1H3,(H,24,28). The summed E-state index contributed by atoms with van der Waals surface area (Å²) < 4.78 is 0. The third kappa shape index (κ3) is 5.39. The fraction of sp³-hybridized carbons (Fsp3) is 0.409. The summed E-state index contributed by atoms with van der Waals surface area (Å²) in [6.45, 7) is 5.29. The van der Waals surface area contributed by atoms with Crippen molar-refractivity contribution in [3.05, 3.63) is 66.0 Å². The largest absolute Gasteiger partial charge is 0.353 e. The molecule has 1 aliphatic rings. The third-order valence-electron chi connectivity index (χ3n) is 5.20. The molecule has 28 heavy (non-hydrogen) atoms. The fourth-order valence-corrected chi connectivity index (χ4v) is 3.55. The number of hydrogen-bond acceptors (Lipinski definition) is 4. The van der Waals surface area contributed by atoms with Crippen LogP contribution in [0.15, 0.2) is 54.9 Å². The summed E-state index contributed by atoms with van der Waals surface area (Å²) in [7, 11) is 0. The van der Waals surface area contributed by atoms with E-state index in [-0.39, 0.29) is 18.2 Å². The van der Waals surface area contributed by atoms with E-state index in [2.05, 4.69) is 27.3 Å². The van der Waals surface area contributed by atoms with Crippen LogP contribution in [0.25, 0.3) is 0 Å². The molecule has 2 amide bonds. The number of nitrogens with zero attached hydrogens (tertiary/aromatic N) is 3. The molecular formula is C22H28N4O2. The van der Waals surface area contributed by atoms with Gasteiger partial charge in [-0.1, -0.05) is 30.3 Å². The summed E-state index contributed by atoms with van der Waals surface area (Å²) >= 11 is 0. The van der Waals surface area contributed by atoms with Crippen molar-refractivity contribution in [1.82, 2.24) is 20.1 Å². The first kappa shape index (κ1) is 20.0. The maximum atomic E-state index is 12.9. The van der Waals surface area contributed by atoms with Gasteiger partial charge in [0.2, 0.25) is 11.8 Å². The SMILES string of the molecule is CCN(Cc1ccncc1)C(=O)CC1C(=O)NCCN1CCc1ccccc1. The Labute approximate surface area is 166 Å².